The van der Waals surface area contributed by atoms with Gasteiger partial charge in [-0.25, -0.2) is 4.98 Å². The summed E-state index contributed by atoms with van der Waals surface area (Å²) in [5, 5.41) is 14.0. The van der Waals surface area contributed by atoms with Crippen LogP contribution in [0.2, 0.25) is 0 Å². The summed E-state index contributed by atoms with van der Waals surface area (Å²) in [7, 11) is 0. The number of rotatable bonds is 7. The largest absolute Gasteiger partial charge is 0.454 e. The van der Waals surface area contributed by atoms with Crippen LogP contribution < -0.4 is 14.8 Å². The van der Waals surface area contributed by atoms with E-state index in [-0.39, 0.29) is 13.4 Å². The predicted molar refractivity (Wildman–Crippen MR) is 78.9 cm³/mol. The summed E-state index contributed by atoms with van der Waals surface area (Å²) < 4.78 is 16.0. The fourth-order valence-corrected chi connectivity index (χ4v) is 2.25. The van der Waals surface area contributed by atoms with Crippen LogP contribution in [-0.4, -0.2) is 43.2 Å². The molecule has 2 N–H and O–H groups in total. The van der Waals surface area contributed by atoms with Gasteiger partial charge in [-0.05, 0) is 30.0 Å². The summed E-state index contributed by atoms with van der Waals surface area (Å²) in [5.41, 5.74) is 0. The van der Waals surface area contributed by atoms with Crippen LogP contribution in [0.25, 0.3) is 10.8 Å². The highest BCUT2D eigenvalue weighted by Gasteiger charge is 2.15. The Morgan fingerprint density at radius 2 is 2.10 bits per heavy atom. The van der Waals surface area contributed by atoms with Crippen LogP contribution in [0, 0.1) is 0 Å². The number of benzene rings is 1. The van der Waals surface area contributed by atoms with Crippen LogP contribution in [0.4, 0.5) is 5.82 Å². The van der Waals surface area contributed by atoms with Crippen molar-refractivity contribution >= 4 is 16.6 Å². The van der Waals surface area contributed by atoms with Crippen LogP contribution >= 0.6 is 0 Å². The molecule has 0 aliphatic carbocycles. The third kappa shape index (κ3) is 3.17. The number of fused-ring (bicyclic) bond motifs is 2. The first-order valence-corrected chi connectivity index (χ1v) is 6.99. The second-order valence-electron chi connectivity index (χ2n) is 4.70. The normalized spacial score (nSPS) is 12.8. The van der Waals surface area contributed by atoms with Crippen LogP contribution in [0.1, 0.15) is 6.42 Å². The van der Waals surface area contributed by atoms with Crippen molar-refractivity contribution in [3.05, 3.63) is 24.4 Å². The Morgan fingerprint density at radius 1 is 1.24 bits per heavy atom. The lowest BCUT2D eigenvalue weighted by molar-refractivity contribution is 0.0922. The molecule has 0 amide bonds. The molecule has 0 saturated carbocycles. The maximum atomic E-state index is 8.62. The standard InChI is InChI=1S/C15H18N2O4/c18-5-7-19-6-1-3-16-15-12-9-14-13(20-10-21-14)8-11(12)2-4-17-15/h2,4,8-9,18H,1,3,5-7,10H2,(H,16,17). The van der Waals surface area contributed by atoms with Gasteiger partial charge in [-0.3, -0.25) is 0 Å². The molecule has 2 heterocycles. The van der Waals surface area contributed by atoms with Crippen molar-refractivity contribution in [2.75, 3.05) is 38.5 Å². The van der Waals surface area contributed by atoms with E-state index in [0.717, 1.165) is 41.1 Å². The molecular formula is C15H18N2O4. The van der Waals surface area contributed by atoms with Crippen molar-refractivity contribution in [1.29, 1.82) is 0 Å². The zero-order chi connectivity index (χ0) is 14.5. The van der Waals surface area contributed by atoms with Crippen molar-refractivity contribution < 1.29 is 19.3 Å². The maximum Gasteiger partial charge on any atom is 0.231 e. The van der Waals surface area contributed by atoms with Gasteiger partial charge in [0.05, 0.1) is 13.2 Å². The molecule has 6 nitrogen and oxygen atoms in total. The Labute approximate surface area is 122 Å². The summed E-state index contributed by atoms with van der Waals surface area (Å²) in [4.78, 5) is 4.38. The number of aliphatic hydroxyl groups excluding tert-OH is 1. The number of ether oxygens (including phenoxy) is 3. The van der Waals surface area contributed by atoms with Crippen LogP contribution in [0.5, 0.6) is 11.5 Å². The van der Waals surface area contributed by atoms with E-state index in [1.807, 2.05) is 18.2 Å². The summed E-state index contributed by atoms with van der Waals surface area (Å²) >= 11 is 0. The highest BCUT2D eigenvalue weighted by Crippen LogP contribution is 2.37. The molecule has 0 radical (unpaired) electrons. The van der Waals surface area contributed by atoms with Crippen LogP contribution in [0.15, 0.2) is 24.4 Å². The zero-order valence-electron chi connectivity index (χ0n) is 11.7. The summed E-state index contributed by atoms with van der Waals surface area (Å²) in [6.45, 7) is 2.09. The molecule has 21 heavy (non-hydrogen) atoms. The van der Waals surface area contributed by atoms with E-state index in [0.29, 0.717) is 13.2 Å². The maximum absolute atomic E-state index is 8.62. The van der Waals surface area contributed by atoms with E-state index in [4.69, 9.17) is 19.3 Å². The first kappa shape index (κ1) is 13.9. The highest BCUT2D eigenvalue weighted by molar-refractivity contribution is 5.94. The SMILES string of the molecule is OCCOCCCNc1nccc2cc3c(cc12)OCO3. The Balaban J connectivity index is 1.67. The Hall–Kier alpha value is -2.05. The van der Waals surface area contributed by atoms with Crippen molar-refractivity contribution in [1.82, 2.24) is 4.98 Å². The average Bonchev–Trinajstić information content (AvgIpc) is 2.96. The van der Waals surface area contributed by atoms with Crippen LogP contribution in [0.3, 0.4) is 0 Å². The van der Waals surface area contributed by atoms with Crippen molar-refractivity contribution in [2.45, 2.75) is 6.42 Å². The molecule has 1 aliphatic rings. The van der Waals surface area contributed by atoms with Crippen molar-refractivity contribution in [3.63, 3.8) is 0 Å². The van der Waals surface area contributed by atoms with E-state index < -0.39 is 0 Å². The van der Waals surface area contributed by atoms with Gasteiger partial charge in [0, 0.05) is 24.7 Å². The lowest BCUT2D eigenvalue weighted by Crippen LogP contribution is -2.08. The zero-order valence-corrected chi connectivity index (χ0v) is 11.7. The smallest absolute Gasteiger partial charge is 0.231 e. The summed E-state index contributed by atoms with van der Waals surface area (Å²) in [6.07, 6.45) is 2.62. The summed E-state index contributed by atoms with van der Waals surface area (Å²) in [6, 6.07) is 5.87. The van der Waals surface area contributed by atoms with Crippen molar-refractivity contribution in [3.8, 4) is 11.5 Å². The number of anilines is 1. The van der Waals surface area contributed by atoms with Gasteiger partial charge in [-0.2, -0.15) is 0 Å². The Bertz CT molecular complexity index is 618. The first-order valence-electron chi connectivity index (χ1n) is 6.99. The van der Waals surface area contributed by atoms with Crippen molar-refractivity contribution in [2.24, 2.45) is 0 Å². The monoisotopic (exact) mass is 290 g/mol. The average molecular weight is 290 g/mol. The molecule has 0 bridgehead atoms. The van der Waals surface area contributed by atoms with E-state index >= 15 is 0 Å². The first-order chi connectivity index (χ1) is 10.4. The molecule has 1 aliphatic heterocycles. The van der Waals surface area contributed by atoms with Gasteiger partial charge in [0.25, 0.3) is 0 Å². The molecule has 0 unspecified atom stereocenters. The van der Waals surface area contributed by atoms with E-state index in [1.54, 1.807) is 6.20 Å². The van der Waals surface area contributed by atoms with Gasteiger partial charge >= 0.3 is 0 Å². The quantitative estimate of drug-likeness (QED) is 0.757. The van der Waals surface area contributed by atoms with Gasteiger partial charge in [0.1, 0.15) is 5.82 Å². The number of pyridine rings is 1. The lowest BCUT2D eigenvalue weighted by Gasteiger charge is -2.09. The van der Waals surface area contributed by atoms with Gasteiger partial charge in [-0.15, -0.1) is 0 Å². The molecule has 2 aromatic rings. The number of aliphatic hydroxyl groups is 1. The third-order valence-electron chi connectivity index (χ3n) is 3.25. The molecule has 0 spiro atoms. The van der Waals surface area contributed by atoms with E-state index in [1.165, 1.54) is 0 Å². The second-order valence-corrected chi connectivity index (χ2v) is 4.70. The fraction of sp³-hybridized carbons (Fsp3) is 0.400. The number of nitrogens with zero attached hydrogens (tertiary/aromatic N) is 1. The molecular weight excluding hydrogens is 272 g/mol. The van der Waals surface area contributed by atoms with E-state index in [2.05, 4.69) is 10.3 Å². The van der Waals surface area contributed by atoms with Crippen LogP contribution in [-0.2, 0) is 4.74 Å². The van der Waals surface area contributed by atoms with Gasteiger partial charge in [0.2, 0.25) is 6.79 Å². The molecule has 1 aromatic carbocycles. The number of nitrogens with one attached hydrogen (secondary N) is 1. The Kier molecular flexibility index (Phi) is 4.37. The van der Waals surface area contributed by atoms with Gasteiger partial charge in [-0.1, -0.05) is 0 Å². The molecule has 0 atom stereocenters. The van der Waals surface area contributed by atoms with Gasteiger partial charge in [0.15, 0.2) is 11.5 Å². The minimum Gasteiger partial charge on any atom is -0.454 e. The number of hydrogen-bond donors (Lipinski definition) is 2. The second kappa shape index (κ2) is 6.60. The molecule has 0 fully saturated rings. The predicted octanol–water partition coefficient (Wildman–Crippen LogP) is 1.77. The minimum atomic E-state index is 0.0610. The van der Waals surface area contributed by atoms with E-state index in [9.17, 15) is 0 Å². The fourth-order valence-electron chi connectivity index (χ4n) is 2.25. The molecule has 112 valence electrons. The number of hydrogen-bond acceptors (Lipinski definition) is 6. The topological polar surface area (TPSA) is 72.8 Å². The molecule has 1 aromatic heterocycles. The van der Waals surface area contributed by atoms with Gasteiger partial charge < -0.3 is 24.6 Å². The lowest BCUT2D eigenvalue weighted by atomic mass is 10.1. The third-order valence-corrected chi connectivity index (χ3v) is 3.25. The molecule has 0 saturated heterocycles. The minimum absolute atomic E-state index is 0.0610. The molecule has 6 heteroatoms. The Morgan fingerprint density at radius 3 is 2.95 bits per heavy atom. The molecule has 3 rings (SSSR count). The number of aromatic nitrogens is 1. The summed E-state index contributed by atoms with van der Waals surface area (Å²) in [5.74, 6) is 2.36. The highest BCUT2D eigenvalue weighted by atomic mass is 16.7.